The van der Waals surface area contributed by atoms with Gasteiger partial charge in [0.15, 0.2) is 0 Å². The van der Waals surface area contributed by atoms with Crippen LogP contribution in [-0.4, -0.2) is 26.8 Å². The van der Waals surface area contributed by atoms with Crippen LogP contribution in [0.3, 0.4) is 0 Å². The van der Waals surface area contributed by atoms with Crippen LogP contribution >= 0.6 is 11.3 Å². The van der Waals surface area contributed by atoms with E-state index in [1.807, 2.05) is 6.92 Å². The van der Waals surface area contributed by atoms with Gasteiger partial charge in [-0.2, -0.15) is 0 Å². The molecule has 0 fully saturated rings. The smallest absolute Gasteiger partial charge is 0.261 e. The second-order valence-electron chi connectivity index (χ2n) is 6.20. The number of carbonyl (C=O) groups is 2. The summed E-state index contributed by atoms with van der Waals surface area (Å²) in [5, 5.41) is 6.96. The fraction of sp³-hybridized carbons (Fsp3) is 0.100. The molecule has 0 spiro atoms. The normalized spacial score (nSPS) is 10.9. The highest BCUT2D eigenvalue weighted by Gasteiger charge is 2.14. The van der Waals surface area contributed by atoms with Gasteiger partial charge in [-0.25, -0.2) is 8.42 Å². The van der Waals surface area contributed by atoms with Crippen molar-refractivity contribution in [3.63, 3.8) is 0 Å². The number of hydrogen-bond donors (Lipinski definition) is 3. The molecule has 0 saturated carbocycles. The number of sulfonamides is 1. The lowest BCUT2D eigenvalue weighted by atomic mass is 10.2. The Morgan fingerprint density at radius 2 is 1.59 bits per heavy atom. The van der Waals surface area contributed by atoms with Crippen molar-refractivity contribution in [3.05, 3.63) is 76.5 Å². The number of anilines is 2. The Kier molecular flexibility index (Phi) is 6.30. The van der Waals surface area contributed by atoms with Crippen LogP contribution in [0.15, 0.2) is 70.9 Å². The summed E-state index contributed by atoms with van der Waals surface area (Å²) >= 11 is 1.29. The zero-order valence-electron chi connectivity index (χ0n) is 15.5. The quantitative estimate of drug-likeness (QED) is 0.536. The minimum Gasteiger partial charge on any atom is -0.342 e. The Labute approximate surface area is 172 Å². The molecule has 1 aromatic heterocycles. The van der Waals surface area contributed by atoms with Crippen LogP contribution in [0.5, 0.6) is 0 Å². The summed E-state index contributed by atoms with van der Waals surface area (Å²) in [6.07, 6.45) is 0. The standard InChI is InChI=1S/C20H19N3O4S2/c1-14-4-10-17(11-5-14)29(26,27)23-16-8-6-15(7-9-16)22-19(24)13-21-20(25)18-3-2-12-28-18/h2-12,23H,13H2,1H3,(H,21,25)(H,22,24). The first-order chi connectivity index (χ1) is 13.8. The summed E-state index contributed by atoms with van der Waals surface area (Å²) in [5.74, 6) is -0.695. The monoisotopic (exact) mass is 429 g/mol. The molecule has 0 saturated heterocycles. The van der Waals surface area contributed by atoms with E-state index >= 15 is 0 Å². The Morgan fingerprint density at radius 3 is 2.21 bits per heavy atom. The number of amides is 2. The van der Waals surface area contributed by atoms with E-state index in [0.717, 1.165) is 5.56 Å². The van der Waals surface area contributed by atoms with E-state index in [0.29, 0.717) is 16.3 Å². The summed E-state index contributed by atoms with van der Waals surface area (Å²) in [6, 6.07) is 16.2. The Balaban J connectivity index is 1.55. The molecular weight excluding hydrogens is 410 g/mol. The highest BCUT2D eigenvalue weighted by Crippen LogP contribution is 2.19. The largest absolute Gasteiger partial charge is 0.342 e. The van der Waals surface area contributed by atoms with E-state index in [2.05, 4.69) is 15.4 Å². The number of rotatable bonds is 7. The topological polar surface area (TPSA) is 104 Å². The predicted octanol–water partition coefficient (Wildman–Crippen LogP) is 3.23. The summed E-state index contributed by atoms with van der Waals surface area (Å²) in [7, 11) is -3.69. The van der Waals surface area contributed by atoms with Crippen LogP contribution in [0.2, 0.25) is 0 Å². The van der Waals surface area contributed by atoms with Gasteiger partial charge in [-0.15, -0.1) is 11.3 Å². The molecule has 3 aromatic rings. The maximum Gasteiger partial charge on any atom is 0.261 e. The van der Waals surface area contributed by atoms with Gasteiger partial charge in [-0.3, -0.25) is 14.3 Å². The van der Waals surface area contributed by atoms with Gasteiger partial charge in [0.25, 0.3) is 15.9 Å². The third kappa shape index (κ3) is 5.66. The van der Waals surface area contributed by atoms with E-state index in [4.69, 9.17) is 0 Å². The molecule has 2 aromatic carbocycles. The van der Waals surface area contributed by atoms with Gasteiger partial charge in [0.2, 0.25) is 5.91 Å². The van der Waals surface area contributed by atoms with Crippen LogP contribution in [0.25, 0.3) is 0 Å². The summed E-state index contributed by atoms with van der Waals surface area (Å²) in [4.78, 5) is 24.5. The van der Waals surface area contributed by atoms with Crippen molar-refractivity contribution in [2.24, 2.45) is 0 Å². The average molecular weight is 430 g/mol. The Hall–Kier alpha value is -3.17. The summed E-state index contributed by atoms with van der Waals surface area (Å²) < 4.78 is 27.3. The Morgan fingerprint density at radius 1 is 0.931 bits per heavy atom. The number of carbonyl (C=O) groups excluding carboxylic acids is 2. The first kappa shape index (κ1) is 20.6. The SMILES string of the molecule is Cc1ccc(S(=O)(=O)Nc2ccc(NC(=O)CNC(=O)c3cccs3)cc2)cc1. The first-order valence-corrected chi connectivity index (χ1v) is 11.0. The van der Waals surface area contributed by atoms with Crippen molar-refractivity contribution >= 4 is 44.5 Å². The zero-order chi connectivity index (χ0) is 20.9. The van der Waals surface area contributed by atoms with Crippen LogP contribution in [0.1, 0.15) is 15.2 Å². The summed E-state index contributed by atoms with van der Waals surface area (Å²) in [6.45, 7) is 1.71. The summed E-state index contributed by atoms with van der Waals surface area (Å²) in [5.41, 5.74) is 1.82. The van der Waals surface area contributed by atoms with Crippen molar-refractivity contribution in [2.45, 2.75) is 11.8 Å². The van der Waals surface area contributed by atoms with Gasteiger partial charge >= 0.3 is 0 Å². The molecule has 7 nitrogen and oxygen atoms in total. The van der Waals surface area contributed by atoms with Crippen molar-refractivity contribution in [2.75, 3.05) is 16.6 Å². The minimum atomic E-state index is -3.69. The lowest BCUT2D eigenvalue weighted by Gasteiger charge is -2.10. The fourth-order valence-electron chi connectivity index (χ4n) is 2.41. The van der Waals surface area contributed by atoms with Gasteiger partial charge in [0, 0.05) is 11.4 Å². The predicted molar refractivity (Wildman–Crippen MR) is 114 cm³/mol. The molecule has 1 heterocycles. The van der Waals surface area contributed by atoms with Gasteiger partial charge < -0.3 is 10.6 Å². The maximum absolute atomic E-state index is 12.4. The molecule has 0 unspecified atom stereocenters. The van der Waals surface area contributed by atoms with E-state index in [-0.39, 0.29) is 23.3 Å². The van der Waals surface area contributed by atoms with Crippen molar-refractivity contribution < 1.29 is 18.0 Å². The zero-order valence-corrected chi connectivity index (χ0v) is 17.1. The van der Waals surface area contributed by atoms with Gasteiger partial charge in [0.05, 0.1) is 16.3 Å². The molecule has 0 atom stereocenters. The third-order valence-corrected chi connectivity index (χ3v) is 6.17. The van der Waals surface area contributed by atoms with E-state index in [1.54, 1.807) is 53.9 Å². The number of benzene rings is 2. The molecule has 29 heavy (non-hydrogen) atoms. The van der Waals surface area contributed by atoms with E-state index in [9.17, 15) is 18.0 Å². The molecule has 150 valence electrons. The number of hydrogen-bond acceptors (Lipinski definition) is 5. The fourth-order valence-corrected chi connectivity index (χ4v) is 4.11. The van der Waals surface area contributed by atoms with Crippen LogP contribution in [0.4, 0.5) is 11.4 Å². The third-order valence-electron chi connectivity index (χ3n) is 3.91. The minimum absolute atomic E-state index is 0.168. The molecule has 2 amide bonds. The number of nitrogens with one attached hydrogen (secondary N) is 3. The number of aryl methyl sites for hydroxylation is 1. The molecule has 9 heteroatoms. The van der Waals surface area contributed by atoms with Crippen LogP contribution in [-0.2, 0) is 14.8 Å². The van der Waals surface area contributed by atoms with Crippen LogP contribution in [0, 0.1) is 6.92 Å². The second-order valence-corrected chi connectivity index (χ2v) is 8.83. The molecule has 0 aliphatic rings. The van der Waals surface area contributed by atoms with Crippen LogP contribution < -0.4 is 15.4 Å². The average Bonchev–Trinajstić information content (AvgIpc) is 3.23. The van der Waals surface area contributed by atoms with E-state index < -0.39 is 10.0 Å². The van der Waals surface area contributed by atoms with Gasteiger partial charge in [0.1, 0.15) is 0 Å². The lowest BCUT2D eigenvalue weighted by molar-refractivity contribution is -0.115. The lowest BCUT2D eigenvalue weighted by Crippen LogP contribution is -2.32. The van der Waals surface area contributed by atoms with Crippen molar-refractivity contribution in [1.29, 1.82) is 0 Å². The molecular formula is C20H19N3O4S2. The molecule has 0 bridgehead atoms. The molecule has 0 aliphatic carbocycles. The number of thiophene rings is 1. The second kappa shape index (κ2) is 8.89. The highest BCUT2D eigenvalue weighted by atomic mass is 32.2. The van der Waals surface area contributed by atoms with Crippen molar-refractivity contribution in [1.82, 2.24) is 5.32 Å². The maximum atomic E-state index is 12.4. The Bertz CT molecular complexity index is 1090. The molecule has 3 N–H and O–H groups in total. The first-order valence-electron chi connectivity index (χ1n) is 8.64. The van der Waals surface area contributed by atoms with E-state index in [1.165, 1.54) is 23.5 Å². The molecule has 0 radical (unpaired) electrons. The molecule has 0 aliphatic heterocycles. The van der Waals surface area contributed by atoms with Gasteiger partial charge in [-0.05, 0) is 54.8 Å². The molecule has 3 rings (SSSR count). The van der Waals surface area contributed by atoms with Gasteiger partial charge in [-0.1, -0.05) is 23.8 Å². The van der Waals surface area contributed by atoms with Crippen molar-refractivity contribution in [3.8, 4) is 0 Å². The highest BCUT2D eigenvalue weighted by molar-refractivity contribution is 7.92.